The van der Waals surface area contributed by atoms with Gasteiger partial charge in [0.05, 0.1) is 22.6 Å². The van der Waals surface area contributed by atoms with Gasteiger partial charge in [-0.2, -0.15) is 4.31 Å². The largest absolute Gasteiger partial charge is 0.391 e. The predicted octanol–water partition coefficient (Wildman–Crippen LogP) is 2.31. The molecule has 1 N–H and O–H groups in total. The molecule has 4 nitrogen and oxygen atoms in total. The number of hydrogen-bond acceptors (Lipinski definition) is 3. The van der Waals surface area contributed by atoms with Crippen LogP contribution in [0.25, 0.3) is 0 Å². The Morgan fingerprint density at radius 2 is 1.90 bits per heavy atom. The van der Waals surface area contributed by atoms with Gasteiger partial charge < -0.3 is 5.11 Å². The van der Waals surface area contributed by atoms with Crippen LogP contribution in [0.3, 0.4) is 0 Å². The topological polar surface area (TPSA) is 57.4 Å². The molecule has 1 aromatic carbocycles. The Bertz CT molecular complexity index is 638. The summed E-state index contributed by atoms with van der Waals surface area (Å²) in [5.41, 5.74) is 0.650. The fourth-order valence-corrected chi connectivity index (χ4v) is 6.06. The predicted molar refractivity (Wildman–Crippen MR) is 81.4 cm³/mol. The molecular weight excluding hydrogens is 286 g/mol. The van der Waals surface area contributed by atoms with E-state index in [0.717, 1.165) is 18.4 Å². The van der Waals surface area contributed by atoms with Gasteiger partial charge in [-0.05, 0) is 44.2 Å². The van der Waals surface area contributed by atoms with Crippen LogP contribution in [0.4, 0.5) is 0 Å². The zero-order valence-corrected chi connectivity index (χ0v) is 13.6. The van der Waals surface area contributed by atoms with Crippen molar-refractivity contribution in [1.82, 2.24) is 4.31 Å². The summed E-state index contributed by atoms with van der Waals surface area (Å²) in [5, 5.41) is 10.3. The van der Waals surface area contributed by atoms with E-state index in [4.69, 9.17) is 0 Å². The van der Waals surface area contributed by atoms with E-state index >= 15 is 0 Å². The fraction of sp³-hybridized carbons (Fsp3) is 0.625. The highest BCUT2D eigenvalue weighted by molar-refractivity contribution is 7.89. The Morgan fingerprint density at radius 1 is 1.29 bits per heavy atom. The van der Waals surface area contributed by atoms with Crippen molar-refractivity contribution in [2.75, 3.05) is 0 Å². The molecule has 0 bridgehead atoms. The van der Waals surface area contributed by atoms with Crippen molar-refractivity contribution in [3.63, 3.8) is 0 Å². The maximum Gasteiger partial charge on any atom is 0.244 e. The number of sulfonamides is 1. The quantitative estimate of drug-likeness (QED) is 0.872. The minimum Gasteiger partial charge on any atom is -0.391 e. The Morgan fingerprint density at radius 3 is 2.43 bits per heavy atom. The number of fused-ring (bicyclic) bond motifs is 1. The SMILES string of the molecule is Cc1ccc(S(=O)(=O)N2[C@@H]3[C@H](O)CCC[C@@]32C(C)C)cc1. The first kappa shape index (κ1) is 15.0. The number of nitrogens with zero attached hydrogens (tertiary/aromatic N) is 1. The molecule has 1 aromatic rings. The molecule has 21 heavy (non-hydrogen) atoms. The van der Waals surface area contributed by atoms with Crippen molar-refractivity contribution in [2.45, 2.75) is 62.6 Å². The van der Waals surface area contributed by atoms with Gasteiger partial charge in [-0.1, -0.05) is 31.5 Å². The monoisotopic (exact) mass is 309 g/mol. The second-order valence-corrected chi connectivity index (χ2v) is 8.48. The number of hydrogen-bond donors (Lipinski definition) is 1. The third-order valence-corrected chi connectivity index (χ3v) is 7.08. The van der Waals surface area contributed by atoms with E-state index in [9.17, 15) is 13.5 Å². The van der Waals surface area contributed by atoms with Gasteiger partial charge in [-0.15, -0.1) is 0 Å². The number of aliphatic hydroxyl groups is 1. The summed E-state index contributed by atoms with van der Waals surface area (Å²) in [4.78, 5) is 0.328. The van der Waals surface area contributed by atoms with Crippen molar-refractivity contribution in [2.24, 2.45) is 5.92 Å². The second-order valence-electron chi connectivity index (χ2n) is 6.66. The Labute approximate surface area is 126 Å². The Balaban J connectivity index is 2.01. The van der Waals surface area contributed by atoms with Crippen LogP contribution in [0.5, 0.6) is 0 Å². The minimum absolute atomic E-state index is 0.206. The molecule has 1 saturated heterocycles. The van der Waals surface area contributed by atoms with E-state index in [2.05, 4.69) is 13.8 Å². The maximum atomic E-state index is 12.9. The summed E-state index contributed by atoms with van der Waals surface area (Å²) >= 11 is 0. The second kappa shape index (κ2) is 4.80. The van der Waals surface area contributed by atoms with E-state index in [1.54, 1.807) is 16.4 Å². The van der Waals surface area contributed by atoms with Crippen LogP contribution in [0.2, 0.25) is 0 Å². The zero-order chi connectivity index (χ0) is 15.4. The molecule has 3 rings (SSSR count). The smallest absolute Gasteiger partial charge is 0.244 e. The molecule has 1 unspecified atom stereocenters. The number of benzene rings is 1. The number of rotatable bonds is 3. The molecule has 2 fully saturated rings. The van der Waals surface area contributed by atoms with Crippen molar-refractivity contribution in [3.8, 4) is 0 Å². The summed E-state index contributed by atoms with van der Waals surface area (Å²) in [6.07, 6.45) is 1.88. The Hall–Kier alpha value is -0.910. The third-order valence-electron chi connectivity index (χ3n) is 5.13. The van der Waals surface area contributed by atoms with Crippen molar-refractivity contribution < 1.29 is 13.5 Å². The molecule has 1 heterocycles. The van der Waals surface area contributed by atoms with Crippen LogP contribution < -0.4 is 0 Å². The molecule has 0 amide bonds. The average molecular weight is 309 g/mol. The Kier molecular flexibility index (Phi) is 3.43. The van der Waals surface area contributed by atoms with Gasteiger partial charge >= 0.3 is 0 Å². The van der Waals surface area contributed by atoms with Crippen molar-refractivity contribution in [3.05, 3.63) is 29.8 Å². The van der Waals surface area contributed by atoms with Crippen LogP contribution >= 0.6 is 0 Å². The van der Waals surface area contributed by atoms with Crippen LogP contribution in [-0.4, -0.2) is 35.5 Å². The van der Waals surface area contributed by atoms with Gasteiger partial charge in [0.1, 0.15) is 0 Å². The molecule has 2 aliphatic rings. The van der Waals surface area contributed by atoms with Gasteiger partial charge in [-0.3, -0.25) is 0 Å². The van der Waals surface area contributed by atoms with Gasteiger partial charge in [0, 0.05) is 0 Å². The zero-order valence-electron chi connectivity index (χ0n) is 12.8. The minimum atomic E-state index is -3.53. The van der Waals surface area contributed by atoms with Gasteiger partial charge in [0.15, 0.2) is 0 Å². The molecule has 0 aromatic heterocycles. The van der Waals surface area contributed by atoms with Crippen molar-refractivity contribution >= 4 is 10.0 Å². The first-order valence-electron chi connectivity index (χ1n) is 7.61. The third kappa shape index (κ3) is 2.05. The molecule has 1 aliphatic heterocycles. The lowest BCUT2D eigenvalue weighted by Gasteiger charge is -2.26. The van der Waals surface area contributed by atoms with E-state index in [1.165, 1.54) is 0 Å². The van der Waals surface area contributed by atoms with Gasteiger partial charge in [0.2, 0.25) is 10.0 Å². The first-order chi connectivity index (χ1) is 9.81. The molecule has 5 heteroatoms. The summed E-state index contributed by atoms with van der Waals surface area (Å²) in [6, 6.07) is 6.71. The van der Waals surface area contributed by atoms with Crippen LogP contribution in [0.15, 0.2) is 29.2 Å². The molecule has 116 valence electrons. The van der Waals surface area contributed by atoms with E-state index in [-0.39, 0.29) is 17.5 Å². The van der Waals surface area contributed by atoms with Crippen molar-refractivity contribution in [1.29, 1.82) is 0 Å². The molecular formula is C16H23NO3S. The summed E-state index contributed by atoms with van der Waals surface area (Å²) < 4.78 is 27.5. The van der Waals surface area contributed by atoms with Crippen LogP contribution in [0.1, 0.15) is 38.7 Å². The summed E-state index contributed by atoms with van der Waals surface area (Å²) in [5.74, 6) is 0.206. The normalized spacial score (nSPS) is 35.6. The highest BCUT2D eigenvalue weighted by Crippen LogP contribution is 2.58. The van der Waals surface area contributed by atoms with E-state index in [1.807, 2.05) is 19.1 Å². The summed E-state index contributed by atoms with van der Waals surface area (Å²) in [7, 11) is -3.53. The van der Waals surface area contributed by atoms with E-state index in [0.29, 0.717) is 11.3 Å². The van der Waals surface area contributed by atoms with Crippen LogP contribution in [-0.2, 0) is 10.0 Å². The molecule has 0 radical (unpaired) electrons. The lowest BCUT2D eigenvalue weighted by atomic mass is 9.80. The van der Waals surface area contributed by atoms with Crippen LogP contribution in [0, 0.1) is 12.8 Å². The highest BCUT2D eigenvalue weighted by atomic mass is 32.2. The highest BCUT2D eigenvalue weighted by Gasteiger charge is 2.72. The lowest BCUT2D eigenvalue weighted by molar-refractivity contribution is 0.126. The molecule has 1 saturated carbocycles. The lowest BCUT2D eigenvalue weighted by Crippen LogP contribution is -2.34. The number of aryl methyl sites for hydroxylation is 1. The average Bonchev–Trinajstić information content (AvgIpc) is 3.12. The molecule has 4 atom stereocenters. The number of aliphatic hydroxyl groups excluding tert-OH is 1. The van der Waals surface area contributed by atoms with Gasteiger partial charge in [0.25, 0.3) is 0 Å². The fourth-order valence-electron chi connectivity index (χ4n) is 3.92. The van der Waals surface area contributed by atoms with E-state index < -0.39 is 16.1 Å². The summed E-state index contributed by atoms with van der Waals surface area (Å²) in [6.45, 7) is 6.04. The van der Waals surface area contributed by atoms with Gasteiger partial charge in [-0.25, -0.2) is 8.42 Å². The first-order valence-corrected chi connectivity index (χ1v) is 9.05. The molecule has 0 spiro atoms. The standard InChI is InChI=1S/C16H23NO3S/c1-11(2)16-10-4-5-14(18)15(16)17(16)21(19,20)13-8-6-12(3)7-9-13/h6-9,11,14-15,18H,4-5,10H2,1-3H3/t14-,15-,16-,17?/m1/s1. The maximum absolute atomic E-state index is 12.9. The molecule has 1 aliphatic carbocycles.